The molecule has 1 N–H and O–H groups in total. The van der Waals surface area contributed by atoms with E-state index in [1.807, 2.05) is 12.3 Å². The van der Waals surface area contributed by atoms with Crippen molar-refractivity contribution >= 4 is 5.69 Å². The number of anilines is 1. The van der Waals surface area contributed by atoms with Crippen molar-refractivity contribution in [2.24, 2.45) is 0 Å². The molecular formula is C18H21N3O. The Morgan fingerprint density at radius 3 is 2.68 bits per heavy atom. The van der Waals surface area contributed by atoms with Crippen LogP contribution in [0.4, 0.5) is 5.69 Å². The topological polar surface area (TPSA) is 37.4 Å². The summed E-state index contributed by atoms with van der Waals surface area (Å²) in [7, 11) is 0. The number of ether oxygens (including phenoxy) is 1. The van der Waals surface area contributed by atoms with Crippen LogP contribution < -0.4 is 15.0 Å². The summed E-state index contributed by atoms with van der Waals surface area (Å²) in [6.07, 6.45) is 4.24. The lowest BCUT2D eigenvalue weighted by Gasteiger charge is -2.21. The minimum Gasteiger partial charge on any atom is -0.475 e. The van der Waals surface area contributed by atoms with Gasteiger partial charge in [-0.05, 0) is 42.6 Å². The molecule has 0 radical (unpaired) electrons. The summed E-state index contributed by atoms with van der Waals surface area (Å²) < 4.78 is 6.02. The molecule has 1 aromatic carbocycles. The molecule has 1 saturated heterocycles. The van der Waals surface area contributed by atoms with Crippen LogP contribution in [-0.4, -0.2) is 24.2 Å². The van der Waals surface area contributed by atoms with Crippen LogP contribution in [0.3, 0.4) is 0 Å². The van der Waals surface area contributed by atoms with Crippen molar-refractivity contribution in [1.82, 2.24) is 10.3 Å². The van der Waals surface area contributed by atoms with Gasteiger partial charge in [0.25, 0.3) is 0 Å². The van der Waals surface area contributed by atoms with Crippen LogP contribution in [0.2, 0.25) is 0 Å². The van der Waals surface area contributed by atoms with E-state index in [-0.39, 0.29) is 0 Å². The Hall–Kier alpha value is -2.07. The summed E-state index contributed by atoms with van der Waals surface area (Å²) in [5.41, 5.74) is 3.89. The highest BCUT2D eigenvalue weighted by atomic mass is 16.5. The third kappa shape index (κ3) is 2.66. The molecule has 4 rings (SSSR count). The van der Waals surface area contributed by atoms with Crippen molar-refractivity contribution in [1.29, 1.82) is 0 Å². The maximum Gasteiger partial charge on any atom is 0.237 e. The largest absolute Gasteiger partial charge is 0.475 e. The summed E-state index contributed by atoms with van der Waals surface area (Å²) in [5.74, 6) is 0.754. The number of fused-ring (bicyclic) bond motifs is 1. The van der Waals surface area contributed by atoms with Crippen molar-refractivity contribution in [2.75, 3.05) is 18.1 Å². The highest BCUT2D eigenvalue weighted by Gasteiger charge is 2.22. The zero-order valence-electron chi connectivity index (χ0n) is 12.7. The average Bonchev–Trinajstić information content (AvgIpc) is 3.22. The van der Waals surface area contributed by atoms with Crippen molar-refractivity contribution in [3.05, 3.63) is 53.7 Å². The molecule has 0 bridgehead atoms. The van der Waals surface area contributed by atoms with Gasteiger partial charge >= 0.3 is 0 Å². The van der Waals surface area contributed by atoms with Crippen molar-refractivity contribution in [2.45, 2.75) is 32.0 Å². The van der Waals surface area contributed by atoms with Gasteiger partial charge in [-0.1, -0.05) is 24.3 Å². The molecule has 2 aromatic rings. The molecule has 2 aliphatic rings. The van der Waals surface area contributed by atoms with Gasteiger partial charge in [0.2, 0.25) is 5.88 Å². The minimum atomic E-state index is 0.464. The van der Waals surface area contributed by atoms with Crippen LogP contribution in [-0.2, 0) is 13.1 Å². The first-order valence-electron chi connectivity index (χ1n) is 8.03. The van der Waals surface area contributed by atoms with Gasteiger partial charge in [-0.15, -0.1) is 0 Å². The first-order valence-corrected chi connectivity index (χ1v) is 8.03. The number of benzene rings is 1. The predicted octanol–water partition coefficient (Wildman–Crippen LogP) is 2.73. The number of hydrogen-bond acceptors (Lipinski definition) is 4. The number of aromatic nitrogens is 1. The first kappa shape index (κ1) is 13.6. The second-order valence-corrected chi connectivity index (χ2v) is 6.06. The van der Waals surface area contributed by atoms with Crippen molar-refractivity contribution < 1.29 is 4.74 Å². The maximum atomic E-state index is 6.02. The fourth-order valence-corrected chi connectivity index (χ4v) is 3.32. The second kappa shape index (κ2) is 5.97. The first-order chi connectivity index (χ1) is 10.9. The molecule has 4 nitrogen and oxygen atoms in total. The van der Waals surface area contributed by atoms with E-state index in [4.69, 9.17) is 4.74 Å². The zero-order chi connectivity index (χ0) is 14.8. The van der Waals surface area contributed by atoms with Gasteiger partial charge in [0.1, 0.15) is 12.3 Å². The molecule has 22 heavy (non-hydrogen) atoms. The number of nitrogens with one attached hydrogen (secondary N) is 1. The summed E-state index contributed by atoms with van der Waals surface area (Å²) >= 11 is 0. The summed E-state index contributed by atoms with van der Waals surface area (Å²) in [4.78, 5) is 6.80. The maximum absolute atomic E-state index is 6.02. The van der Waals surface area contributed by atoms with Gasteiger partial charge in [-0.25, -0.2) is 4.98 Å². The molecular weight excluding hydrogens is 274 g/mol. The molecule has 0 spiro atoms. The Kier molecular flexibility index (Phi) is 3.69. The van der Waals surface area contributed by atoms with E-state index in [9.17, 15) is 0 Å². The SMILES string of the molecule is c1ccc2c(c1)CN(c1cccnc1OC[C@H]1CCCN1)C2. The third-order valence-electron chi connectivity index (χ3n) is 4.52. The van der Waals surface area contributed by atoms with Crippen LogP contribution in [0.1, 0.15) is 24.0 Å². The van der Waals surface area contributed by atoms with Gasteiger partial charge in [-0.3, -0.25) is 0 Å². The fourth-order valence-electron chi connectivity index (χ4n) is 3.32. The zero-order valence-corrected chi connectivity index (χ0v) is 12.7. The molecule has 0 amide bonds. The standard InChI is InChI=1S/C18H21N3O/c1-2-6-15-12-21(11-14(15)5-1)17-8-4-10-20-18(17)22-13-16-7-3-9-19-16/h1-2,4-6,8,10,16,19H,3,7,9,11-13H2/t16-/m1/s1. The Balaban J connectivity index is 1.50. The molecule has 1 atom stereocenters. The molecule has 2 aliphatic heterocycles. The van der Waals surface area contributed by atoms with E-state index < -0.39 is 0 Å². The average molecular weight is 295 g/mol. The lowest BCUT2D eigenvalue weighted by Crippen LogP contribution is -2.28. The molecule has 0 saturated carbocycles. The Morgan fingerprint density at radius 1 is 1.14 bits per heavy atom. The van der Waals surface area contributed by atoms with E-state index in [0.29, 0.717) is 12.6 Å². The van der Waals surface area contributed by atoms with Gasteiger partial charge in [0, 0.05) is 25.3 Å². The lowest BCUT2D eigenvalue weighted by molar-refractivity contribution is 0.268. The summed E-state index contributed by atoms with van der Waals surface area (Å²) in [6.45, 7) is 3.66. The minimum absolute atomic E-state index is 0.464. The molecule has 1 aromatic heterocycles. The van der Waals surface area contributed by atoms with Crippen LogP contribution in [0.5, 0.6) is 5.88 Å². The van der Waals surface area contributed by atoms with Crippen LogP contribution in [0, 0.1) is 0 Å². The van der Waals surface area contributed by atoms with Gasteiger partial charge < -0.3 is 15.0 Å². The number of nitrogens with zero attached hydrogens (tertiary/aromatic N) is 2. The lowest BCUT2D eigenvalue weighted by atomic mass is 10.1. The molecule has 3 heterocycles. The van der Waals surface area contributed by atoms with E-state index in [2.05, 4.69) is 45.5 Å². The van der Waals surface area contributed by atoms with E-state index in [1.165, 1.54) is 24.0 Å². The predicted molar refractivity (Wildman–Crippen MR) is 87.1 cm³/mol. The Labute approximate surface area is 131 Å². The molecule has 114 valence electrons. The van der Waals surface area contributed by atoms with E-state index >= 15 is 0 Å². The van der Waals surface area contributed by atoms with Crippen molar-refractivity contribution in [3.8, 4) is 5.88 Å². The quantitative estimate of drug-likeness (QED) is 0.941. The summed E-state index contributed by atoms with van der Waals surface area (Å²) in [6, 6.07) is 13.2. The Bertz CT molecular complexity index is 627. The number of pyridine rings is 1. The molecule has 0 aliphatic carbocycles. The van der Waals surface area contributed by atoms with Crippen LogP contribution >= 0.6 is 0 Å². The number of rotatable bonds is 4. The van der Waals surface area contributed by atoms with Gasteiger partial charge in [-0.2, -0.15) is 0 Å². The fraction of sp³-hybridized carbons (Fsp3) is 0.389. The highest BCUT2D eigenvalue weighted by Crippen LogP contribution is 2.33. The van der Waals surface area contributed by atoms with E-state index in [1.54, 1.807) is 0 Å². The van der Waals surface area contributed by atoms with Crippen LogP contribution in [0.15, 0.2) is 42.6 Å². The van der Waals surface area contributed by atoms with Crippen molar-refractivity contribution in [3.63, 3.8) is 0 Å². The third-order valence-corrected chi connectivity index (χ3v) is 4.52. The number of hydrogen-bond donors (Lipinski definition) is 1. The molecule has 4 heteroatoms. The summed E-state index contributed by atoms with van der Waals surface area (Å²) in [5, 5.41) is 3.46. The normalized spacial score (nSPS) is 20.2. The van der Waals surface area contributed by atoms with Gasteiger partial charge in [0.05, 0.1) is 0 Å². The second-order valence-electron chi connectivity index (χ2n) is 6.06. The van der Waals surface area contributed by atoms with Gasteiger partial charge in [0.15, 0.2) is 0 Å². The highest BCUT2D eigenvalue weighted by molar-refractivity contribution is 5.58. The monoisotopic (exact) mass is 295 g/mol. The van der Waals surface area contributed by atoms with E-state index in [0.717, 1.165) is 31.2 Å². The molecule has 1 fully saturated rings. The Morgan fingerprint density at radius 2 is 1.95 bits per heavy atom. The van der Waals surface area contributed by atoms with Crippen LogP contribution in [0.25, 0.3) is 0 Å². The smallest absolute Gasteiger partial charge is 0.237 e. The molecule has 0 unspecified atom stereocenters.